The maximum Gasteiger partial charge on any atom is 0.245 e. The van der Waals surface area contributed by atoms with Gasteiger partial charge in [0.2, 0.25) is 23.6 Å². The van der Waals surface area contributed by atoms with Crippen LogP contribution >= 0.6 is 0 Å². The monoisotopic (exact) mass is 515 g/mol. The van der Waals surface area contributed by atoms with Gasteiger partial charge in [0, 0.05) is 39.5 Å². The SMILES string of the molecule is COc1ccc(C[C@@H]2NC(=O)CCCN(C(=O)[C@@H]3CCCN3C)CCCNC(=O)[C@H](C)N(C)C2=O)cc1. The molecule has 2 fully saturated rings. The molecule has 204 valence electrons. The predicted octanol–water partition coefficient (Wildman–Crippen LogP) is 0.792. The zero-order valence-electron chi connectivity index (χ0n) is 22.5. The van der Waals surface area contributed by atoms with Gasteiger partial charge in [-0.05, 0) is 63.9 Å². The molecule has 1 aromatic carbocycles. The second-order valence-corrected chi connectivity index (χ2v) is 10.0. The van der Waals surface area contributed by atoms with Gasteiger partial charge in [-0.3, -0.25) is 24.1 Å². The number of carbonyl (C=O) groups is 4. The number of nitrogens with one attached hydrogen (secondary N) is 2. The summed E-state index contributed by atoms with van der Waals surface area (Å²) in [5.41, 5.74) is 0.861. The third kappa shape index (κ3) is 7.67. The van der Waals surface area contributed by atoms with Crippen molar-refractivity contribution in [2.75, 3.05) is 47.4 Å². The first-order valence-corrected chi connectivity index (χ1v) is 13.2. The number of hydrogen-bond donors (Lipinski definition) is 2. The van der Waals surface area contributed by atoms with Crippen LogP contribution in [0.15, 0.2) is 24.3 Å². The Labute approximate surface area is 219 Å². The average Bonchev–Trinajstić information content (AvgIpc) is 3.33. The highest BCUT2D eigenvalue weighted by Gasteiger charge is 2.32. The first-order chi connectivity index (χ1) is 17.7. The van der Waals surface area contributed by atoms with Crippen molar-refractivity contribution in [3.63, 3.8) is 0 Å². The van der Waals surface area contributed by atoms with Crippen molar-refractivity contribution in [1.29, 1.82) is 0 Å². The number of rotatable bonds is 4. The van der Waals surface area contributed by atoms with E-state index in [0.29, 0.717) is 38.2 Å². The van der Waals surface area contributed by atoms with E-state index in [-0.39, 0.29) is 42.5 Å². The van der Waals surface area contributed by atoms with Crippen molar-refractivity contribution >= 4 is 23.6 Å². The zero-order chi connectivity index (χ0) is 26.9. The summed E-state index contributed by atoms with van der Waals surface area (Å²) in [5.74, 6) is -0.0720. The molecule has 2 heterocycles. The minimum atomic E-state index is -0.823. The van der Waals surface area contributed by atoms with Crippen LogP contribution in [0.5, 0.6) is 5.75 Å². The molecule has 2 N–H and O–H groups in total. The molecule has 10 nitrogen and oxygen atoms in total. The summed E-state index contributed by atoms with van der Waals surface area (Å²) in [6.07, 6.45) is 3.41. The molecule has 3 atom stereocenters. The molecule has 0 aromatic heterocycles. The molecule has 0 saturated carbocycles. The van der Waals surface area contributed by atoms with E-state index in [1.54, 1.807) is 33.2 Å². The summed E-state index contributed by atoms with van der Waals surface area (Å²) < 4.78 is 5.21. The molecule has 2 aliphatic rings. The van der Waals surface area contributed by atoms with Gasteiger partial charge < -0.3 is 25.2 Å². The largest absolute Gasteiger partial charge is 0.497 e. The van der Waals surface area contributed by atoms with E-state index in [4.69, 9.17) is 4.74 Å². The van der Waals surface area contributed by atoms with Gasteiger partial charge in [-0.1, -0.05) is 12.1 Å². The number of benzene rings is 1. The van der Waals surface area contributed by atoms with Crippen molar-refractivity contribution < 1.29 is 23.9 Å². The molecular weight excluding hydrogens is 474 g/mol. The van der Waals surface area contributed by atoms with Crippen molar-refractivity contribution in [2.24, 2.45) is 0 Å². The van der Waals surface area contributed by atoms with Gasteiger partial charge in [0.05, 0.1) is 13.2 Å². The van der Waals surface area contributed by atoms with Gasteiger partial charge in [-0.2, -0.15) is 0 Å². The van der Waals surface area contributed by atoms with Gasteiger partial charge in [-0.25, -0.2) is 0 Å². The van der Waals surface area contributed by atoms with E-state index in [2.05, 4.69) is 15.5 Å². The van der Waals surface area contributed by atoms with Crippen LogP contribution in [0.4, 0.5) is 0 Å². The molecule has 3 rings (SSSR count). The van der Waals surface area contributed by atoms with Crippen LogP contribution in [-0.4, -0.2) is 104 Å². The number of methoxy groups -OCH3 is 1. The lowest BCUT2D eigenvalue weighted by Crippen LogP contribution is -2.54. The first-order valence-electron chi connectivity index (χ1n) is 13.2. The second kappa shape index (κ2) is 13.4. The Bertz CT molecular complexity index is 953. The van der Waals surface area contributed by atoms with Crippen LogP contribution in [0, 0.1) is 0 Å². The first kappa shape index (κ1) is 28.4. The molecular formula is C27H41N5O5. The third-order valence-electron chi connectivity index (χ3n) is 7.39. The normalized spacial score (nSPS) is 25.2. The third-order valence-corrected chi connectivity index (χ3v) is 7.39. The predicted molar refractivity (Wildman–Crippen MR) is 140 cm³/mol. The van der Waals surface area contributed by atoms with Crippen molar-refractivity contribution in [3.05, 3.63) is 29.8 Å². The fourth-order valence-electron chi connectivity index (χ4n) is 4.90. The summed E-state index contributed by atoms with van der Waals surface area (Å²) in [4.78, 5) is 57.6. The topological polar surface area (TPSA) is 111 Å². The van der Waals surface area contributed by atoms with E-state index in [1.165, 1.54) is 4.90 Å². The summed E-state index contributed by atoms with van der Waals surface area (Å²) in [7, 11) is 5.13. The quantitative estimate of drug-likeness (QED) is 0.614. The average molecular weight is 516 g/mol. The lowest BCUT2D eigenvalue weighted by molar-refractivity contribution is -0.141. The van der Waals surface area contributed by atoms with E-state index in [0.717, 1.165) is 24.9 Å². The number of nitrogens with zero attached hydrogens (tertiary/aromatic N) is 3. The number of likely N-dealkylation sites (N-methyl/N-ethyl adjacent to an activating group) is 2. The van der Waals surface area contributed by atoms with Gasteiger partial charge >= 0.3 is 0 Å². The van der Waals surface area contributed by atoms with E-state index in [1.807, 2.05) is 24.1 Å². The van der Waals surface area contributed by atoms with E-state index >= 15 is 0 Å². The Hall–Kier alpha value is -3.14. The summed E-state index contributed by atoms with van der Waals surface area (Å²) in [6.45, 7) is 3.94. The van der Waals surface area contributed by atoms with Crippen molar-refractivity contribution in [3.8, 4) is 5.75 Å². The minimum absolute atomic E-state index is 0.0803. The number of carbonyl (C=O) groups excluding carboxylic acids is 4. The lowest BCUT2D eigenvalue weighted by atomic mass is 10.0. The molecule has 0 spiro atoms. The fourth-order valence-corrected chi connectivity index (χ4v) is 4.90. The molecule has 1 aromatic rings. The molecule has 0 radical (unpaired) electrons. The molecule has 4 amide bonds. The summed E-state index contributed by atoms with van der Waals surface area (Å²) in [6, 6.07) is 5.66. The van der Waals surface area contributed by atoms with Gasteiger partial charge in [0.1, 0.15) is 17.8 Å². The van der Waals surface area contributed by atoms with Crippen LogP contribution in [0.3, 0.4) is 0 Å². The lowest BCUT2D eigenvalue weighted by Gasteiger charge is -2.29. The molecule has 2 saturated heterocycles. The van der Waals surface area contributed by atoms with Gasteiger partial charge in [-0.15, -0.1) is 0 Å². The minimum Gasteiger partial charge on any atom is -0.497 e. The molecule has 0 bridgehead atoms. The highest BCUT2D eigenvalue weighted by Crippen LogP contribution is 2.18. The van der Waals surface area contributed by atoms with Gasteiger partial charge in [0.15, 0.2) is 0 Å². The van der Waals surface area contributed by atoms with Gasteiger partial charge in [0.25, 0.3) is 0 Å². The maximum atomic E-state index is 13.4. The Kier molecular flexibility index (Phi) is 10.3. The summed E-state index contributed by atoms with van der Waals surface area (Å²) in [5, 5.41) is 5.77. The molecule has 37 heavy (non-hydrogen) atoms. The molecule has 0 aliphatic carbocycles. The van der Waals surface area contributed by atoms with Crippen LogP contribution in [-0.2, 0) is 25.6 Å². The smallest absolute Gasteiger partial charge is 0.245 e. The van der Waals surface area contributed by atoms with Crippen LogP contribution in [0.1, 0.15) is 44.6 Å². The fraction of sp³-hybridized carbons (Fsp3) is 0.630. The van der Waals surface area contributed by atoms with Crippen LogP contribution < -0.4 is 15.4 Å². The zero-order valence-corrected chi connectivity index (χ0v) is 22.5. The molecule has 10 heteroatoms. The molecule has 2 aliphatic heterocycles. The van der Waals surface area contributed by atoms with E-state index in [9.17, 15) is 19.2 Å². The highest BCUT2D eigenvalue weighted by atomic mass is 16.5. The Morgan fingerprint density at radius 2 is 1.73 bits per heavy atom. The summed E-state index contributed by atoms with van der Waals surface area (Å²) >= 11 is 0. The second-order valence-electron chi connectivity index (χ2n) is 10.0. The van der Waals surface area contributed by atoms with Crippen molar-refractivity contribution in [2.45, 2.75) is 63.6 Å². The van der Waals surface area contributed by atoms with Crippen LogP contribution in [0.25, 0.3) is 0 Å². The number of amides is 4. The standard InChI is InChI=1S/C27H41N5O5/c1-19-25(34)28-14-7-17-32(27(36)23-8-5-15-30(23)2)16-6-9-24(33)29-22(26(35)31(19)3)18-20-10-12-21(37-4)13-11-20/h10-13,19,22-23H,5-9,14-18H2,1-4H3,(H,28,34)(H,29,33)/t19-,22-,23-/m0/s1. The van der Waals surface area contributed by atoms with Crippen molar-refractivity contribution in [1.82, 2.24) is 25.3 Å². The van der Waals surface area contributed by atoms with E-state index < -0.39 is 12.1 Å². The Morgan fingerprint density at radius 1 is 1.03 bits per heavy atom. The Morgan fingerprint density at radius 3 is 2.38 bits per heavy atom. The number of ether oxygens (including phenoxy) is 1. The number of hydrogen-bond acceptors (Lipinski definition) is 6. The molecule has 0 unspecified atom stereocenters. The van der Waals surface area contributed by atoms with Crippen LogP contribution in [0.2, 0.25) is 0 Å². The Balaban J connectivity index is 1.75. The highest BCUT2D eigenvalue weighted by molar-refractivity contribution is 5.92. The number of likely N-dealkylation sites (tertiary alicyclic amines) is 1. The maximum absolute atomic E-state index is 13.4.